The predicted octanol–water partition coefficient (Wildman–Crippen LogP) is 5.79. The van der Waals surface area contributed by atoms with Crippen LogP contribution in [0.1, 0.15) is 73.4 Å². The monoisotopic (exact) mass is 584 g/mol. The van der Waals surface area contributed by atoms with E-state index in [-0.39, 0.29) is 16.6 Å². The zero-order valence-corrected chi connectivity index (χ0v) is 25.0. The summed E-state index contributed by atoms with van der Waals surface area (Å²) in [6.07, 6.45) is 7.74. The zero-order valence-electron chi connectivity index (χ0n) is 23.5. The van der Waals surface area contributed by atoms with Crippen molar-refractivity contribution in [2.75, 3.05) is 37.8 Å². The number of carbonyl (C=O) groups is 1. The number of fused-ring (bicyclic) bond motifs is 4. The highest BCUT2D eigenvalue weighted by atomic mass is 35.5. The Hall–Kier alpha value is -2.22. The van der Waals surface area contributed by atoms with Crippen molar-refractivity contribution in [2.24, 2.45) is 11.8 Å². The maximum absolute atomic E-state index is 13.6. The van der Waals surface area contributed by atoms with Crippen LogP contribution in [0.15, 0.2) is 36.4 Å². The molecule has 2 aromatic carbocycles. The number of nitrogens with zero attached hydrogens (tertiary/aromatic N) is 1. The second kappa shape index (κ2) is 11.2. The summed E-state index contributed by atoms with van der Waals surface area (Å²) in [6.45, 7) is 5.70. The van der Waals surface area contributed by atoms with Gasteiger partial charge in [0.05, 0.1) is 22.0 Å². The van der Waals surface area contributed by atoms with E-state index in [2.05, 4.69) is 27.6 Å². The normalized spacial score (nSPS) is 32.6. The van der Waals surface area contributed by atoms with Crippen LogP contribution in [0, 0.1) is 11.8 Å². The first-order chi connectivity index (χ1) is 19.3. The molecule has 1 spiro atoms. The lowest BCUT2D eigenvalue weighted by Gasteiger charge is -2.44. The van der Waals surface area contributed by atoms with Gasteiger partial charge in [-0.05, 0) is 111 Å². The molecule has 0 saturated heterocycles. The molecule has 1 amide bonds. The number of anilines is 1. The Balaban J connectivity index is 1.39. The fourth-order valence-electron chi connectivity index (χ4n) is 7.25. The number of hydrogen-bond acceptors (Lipinski definition) is 5. The van der Waals surface area contributed by atoms with Gasteiger partial charge in [0.15, 0.2) is 0 Å². The van der Waals surface area contributed by atoms with Crippen LogP contribution in [0.25, 0.3) is 0 Å². The lowest BCUT2D eigenvalue weighted by molar-refractivity contribution is 0.0324. The first kappa shape index (κ1) is 27.9. The molecule has 2 bridgehead atoms. The summed E-state index contributed by atoms with van der Waals surface area (Å²) in [5.41, 5.74) is 3.91. The van der Waals surface area contributed by atoms with Gasteiger partial charge in [0.1, 0.15) is 5.75 Å². The molecule has 2 aromatic rings. The zero-order chi connectivity index (χ0) is 27.9. The van der Waals surface area contributed by atoms with Crippen LogP contribution in [0.4, 0.5) is 5.69 Å². The highest BCUT2D eigenvalue weighted by Gasteiger charge is 2.43. The fourth-order valence-corrected chi connectivity index (χ4v) is 9.13. The van der Waals surface area contributed by atoms with Gasteiger partial charge in [0, 0.05) is 47.6 Å². The van der Waals surface area contributed by atoms with Crippen molar-refractivity contribution in [3.05, 3.63) is 58.1 Å². The summed E-state index contributed by atoms with van der Waals surface area (Å²) in [6, 6.07) is 11.9. The standard InChI is InChI=1S/C32H41ClN2O4S/c1-3-27-7-5-15-38-19-25-9-8-24(25)18-35-20-32(14-4-6-22-16-26(33)11-12-28(22)32)21-39-30-13-10-23(17-29(30)35)31(36)34-40(27,2)37/h10-13,16-17,24-25,27H,2-9,14-15,18-21H2,1H3,(H,34,36,37)/t24-,25-,27+,32-,40?/m0/s1. The molecule has 4 aliphatic rings. The van der Waals surface area contributed by atoms with Crippen molar-refractivity contribution in [3.63, 3.8) is 0 Å². The van der Waals surface area contributed by atoms with Crippen molar-refractivity contribution < 1.29 is 18.5 Å². The number of ether oxygens (including phenoxy) is 2. The minimum atomic E-state index is -2.82. The topological polar surface area (TPSA) is 67.9 Å². The Labute approximate surface area is 243 Å². The molecule has 1 fully saturated rings. The van der Waals surface area contributed by atoms with Crippen LogP contribution in [0.2, 0.25) is 5.02 Å². The van der Waals surface area contributed by atoms with Gasteiger partial charge in [0.25, 0.3) is 5.91 Å². The lowest BCUT2D eigenvalue weighted by atomic mass is 9.69. The smallest absolute Gasteiger partial charge is 0.262 e. The number of halogens is 1. The number of benzene rings is 2. The van der Waals surface area contributed by atoms with E-state index in [1.807, 2.05) is 25.1 Å². The second-order valence-electron chi connectivity index (χ2n) is 12.3. The van der Waals surface area contributed by atoms with Crippen molar-refractivity contribution in [1.29, 1.82) is 0 Å². The second-order valence-corrected chi connectivity index (χ2v) is 15.0. The van der Waals surface area contributed by atoms with Gasteiger partial charge in [-0.3, -0.25) is 9.52 Å². The van der Waals surface area contributed by atoms with Crippen LogP contribution in [-0.2, 0) is 26.3 Å². The Morgan fingerprint density at radius 3 is 2.80 bits per heavy atom. The average molecular weight is 585 g/mol. The maximum atomic E-state index is 13.6. The van der Waals surface area contributed by atoms with Crippen molar-refractivity contribution >= 4 is 38.8 Å². The first-order valence-electron chi connectivity index (χ1n) is 14.8. The van der Waals surface area contributed by atoms with Gasteiger partial charge in [0.2, 0.25) is 0 Å². The Morgan fingerprint density at radius 1 is 1.15 bits per heavy atom. The molecule has 8 heteroatoms. The molecule has 2 aliphatic carbocycles. The van der Waals surface area contributed by atoms with Crippen LogP contribution >= 0.6 is 11.6 Å². The third kappa shape index (κ3) is 5.37. The average Bonchev–Trinajstić information content (AvgIpc) is 3.06. The number of aryl methyl sites for hydroxylation is 1. The first-order valence-corrected chi connectivity index (χ1v) is 17.0. The summed E-state index contributed by atoms with van der Waals surface area (Å²) in [7, 11) is -2.82. The molecule has 1 saturated carbocycles. The molecular formula is C32H41ClN2O4S. The molecule has 6 rings (SSSR count). The number of carbonyl (C=O) groups excluding carboxylic acids is 1. The largest absolute Gasteiger partial charge is 0.490 e. The van der Waals surface area contributed by atoms with Gasteiger partial charge < -0.3 is 14.4 Å². The van der Waals surface area contributed by atoms with E-state index in [1.54, 1.807) is 6.07 Å². The quantitative estimate of drug-likeness (QED) is 0.430. The minimum Gasteiger partial charge on any atom is -0.490 e. The molecule has 5 atom stereocenters. The molecule has 2 heterocycles. The number of nitrogens with one attached hydrogen (secondary N) is 1. The van der Waals surface area contributed by atoms with Crippen LogP contribution < -0.4 is 14.4 Å². The van der Waals surface area contributed by atoms with E-state index in [9.17, 15) is 9.00 Å². The van der Waals surface area contributed by atoms with E-state index in [1.165, 1.54) is 24.0 Å². The van der Waals surface area contributed by atoms with Gasteiger partial charge in [-0.1, -0.05) is 24.6 Å². The van der Waals surface area contributed by atoms with Crippen molar-refractivity contribution in [1.82, 2.24) is 4.72 Å². The summed E-state index contributed by atoms with van der Waals surface area (Å²) >= 11 is 6.40. The SMILES string of the molecule is C=S1(=O)NC(=O)c2ccc3c(c2)N(C[C@@H]2CC[C@H]2COCCC[C@H]1CC)C[C@@]1(CCCc2cc(Cl)ccc21)CO3. The van der Waals surface area contributed by atoms with Crippen molar-refractivity contribution in [3.8, 4) is 5.75 Å². The van der Waals surface area contributed by atoms with Crippen LogP contribution in [-0.4, -0.2) is 54.1 Å². The van der Waals surface area contributed by atoms with Crippen LogP contribution in [0.5, 0.6) is 5.75 Å². The van der Waals surface area contributed by atoms with E-state index in [4.69, 9.17) is 21.1 Å². The van der Waals surface area contributed by atoms with Gasteiger partial charge in [-0.15, -0.1) is 0 Å². The van der Waals surface area contributed by atoms with Gasteiger partial charge >= 0.3 is 0 Å². The third-order valence-electron chi connectivity index (χ3n) is 9.74. The van der Waals surface area contributed by atoms with Crippen LogP contribution in [0.3, 0.4) is 0 Å². The van der Waals surface area contributed by atoms with Gasteiger partial charge in [-0.2, -0.15) is 0 Å². The lowest BCUT2D eigenvalue weighted by Crippen LogP contribution is -2.48. The summed E-state index contributed by atoms with van der Waals surface area (Å²) in [5.74, 6) is 5.49. The predicted molar refractivity (Wildman–Crippen MR) is 163 cm³/mol. The number of amides is 1. The Morgan fingerprint density at radius 2 is 2.00 bits per heavy atom. The summed E-state index contributed by atoms with van der Waals surface area (Å²) in [4.78, 5) is 15.9. The Bertz CT molecular complexity index is 1380. The van der Waals surface area contributed by atoms with E-state index in [0.29, 0.717) is 43.5 Å². The Kier molecular flexibility index (Phi) is 7.83. The molecule has 6 nitrogen and oxygen atoms in total. The molecule has 0 aromatic heterocycles. The number of hydrogen-bond donors (Lipinski definition) is 1. The molecular weight excluding hydrogens is 544 g/mol. The van der Waals surface area contributed by atoms with Gasteiger partial charge in [-0.25, -0.2) is 4.21 Å². The van der Waals surface area contributed by atoms with Crippen molar-refractivity contribution in [2.45, 2.75) is 69.0 Å². The highest BCUT2D eigenvalue weighted by molar-refractivity contribution is 7.99. The summed E-state index contributed by atoms with van der Waals surface area (Å²) < 4.78 is 29.1. The number of rotatable bonds is 1. The molecule has 0 radical (unpaired) electrons. The third-order valence-corrected chi connectivity index (χ3v) is 12.1. The molecule has 1 unspecified atom stereocenters. The maximum Gasteiger partial charge on any atom is 0.262 e. The molecule has 216 valence electrons. The summed E-state index contributed by atoms with van der Waals surface area (Å²) in [5, 5.41) is 0.587. The molecule has 1 N–H and O–H groups in total. The van der Waals surface area contributed by atoms with E-state index < -0.39 is 9.71 Å². The minimum absolute atomic E-state index is 0.161. The highest BCUT2D eigenvalue weighted by Crippen LogP contribution is 2.46. The fraction of sp³-hybridized carbons (Fsp3) is 0.562. The van der Waals surface area contributed by atoms with E-state index >= 15 is 0 Å². The molecule has 40 heavy (non-hydrogen) atoms. The molecule has 2 aliphatic heterocycles. The van der Waals surface area contributed by atoms with E-state index in [0.717, 1.165) is 61.8 Å².